The first-order valence-corrected chi connectivity index (χ1v) is 25.9. The van der Waals surface area contributed by atoms with Crippen LogP contribution in [0.2, 0.25) is 0 Å². The lowest BCUT2D eigenvalue weighted by atomic mass is 9.98. The van der Waals surface area contributed by atoms with E-state index < -0.39 is 67.3 Å². The zero-order chi connectivity index (χ0) is 49.0. The molecule has 1 aliphatic rings. The molecule has 0 bridgehead atoms. The molecule has 0 aliphatic carbocycles. The van der Waals surface area contributed by atoms with E-state index in [0.717, 1.165) is 109 Å². The minimum absolute atomic E-state index is 0.0221. The Hall–Kier alpha value is -3.84. The van der Waals surface area contributed by atoms with Crippen molar-refractivity contribution in [3.05, 3.63) is 72.9 Å². The first-order chi connectivity index (χ1) is 32.6. The van der Waals surface area contributed by atoms with Crippen LogP contribution in [-0.2, 0) is 42.9 Å². The van der Waals surface area contributed by atoms with Crippen molar-refractivity contribution in [2.75, 3.05) is 13.2 Å². The van der Waals surface area contributed by atoms with Gasteiger partial charge in [-0.1, -0.05) is 171 Å². The summed E-state index contributed by atoms with van der Waals surface area (Å²) >= 11 is 0. The Balaban J connectivity index is 2.74. The average molecular weight is 943 g/mol. The van der Waals surface area contributed by atoms with E-state index in [2.05, 4.69) is 93.7 Å². The van der Waals surface area contributed by atoms with Crippen molar-refractivity contribution >= 4 is 23.9 Å². The minimum atomic E-state index is -1.91. The Morgan fingerprint density at radius 2 is 0.940 bits per heavy atom. The van der Waals surface area contributed by atoms with Crippen molar-refractivity contribution in [3.8, 4) is 0 Å². The maximum atomic E-state index is 13.0. The SMILES string of the molecule is CC/C=C\C/C=C\C/C=C\CCCCCCCC(=O)OCC(COC1OC(C(=O)O)C(O)C(O)C1OC(=O)CCCCC/C=C\C/C=C\C/C=C\CC)OC(=O)CCCCCCCCCCC. The molecule has 1 saturated heterocycles. The summed E-state index contributed by atoms with van der Waals surface area (Å²) in [7, 11) is 0. The van der Waals surface area contributed by atoms with Gasteiger partial charge in [-0.05, 0) is 83.5 Å². The predicted molar refractivity (Wildman–Crippen MR) is 266 cm³/mol. The normalized spacial score (nSPS) is 19.4. The molecule has 3 N–H and O–H groups in total. The van der Waals surface area contributed by atoms with Crippen molar-refractivity contribution in [2.24, 2.45) is 0 Å². The third-order valence-corrected chi connectivity index (χ3v) is 11.3. The summed E-state index contributed by atoms with van der Waals surface area (Å²) in [6.07, 6.45) is 40.5. The van der Waals surface area contributed by atoms with Crippen LogP contribution in [0.1, 0.15) is 201 Å². The van der Waals surface area contributed by atoms with Crippen molar-refractivity contribution in [1.82, 2.24) is 0 Å². The number of rotatable bonds is 42. The van der Waals surface area contributed by atoms with Crippen LogP contribution >= 0.6 is 0 Å². The summed E-state index contributed by atoms with van der Waals surface area (Å²) in [6, 6.07) is 0. The molecule has 0 amide bonds. The number of aliphatic carboxylic acids is 1. The van der Waals surface area contributed by atoms with Gasteiger partial charge in [0.05, 0.1) is 6.61 Å². The molecule has 6 unspecified atom stereocenters. The van der Waals surface area contributed by atoms with Gasteiger partial charge in [0.1, 0.15) is 18.8 Å². The van der Waals surface area contributed by atoms with Crippen LogP contribution in [0.3, 0.4) is 0 Å². The standard InChI is InChI=1S/C55H90O12/c1-4-7-10-13-16-19-21-23-24-26-27-30-32-35-38-41-47(56)63-44-46(65-48(57)42-39-36-33-29-18-15-12-9-6-3)45-64-55-53(51(60)50(59)52(67-55)54(61)62)66-49(58)43-40-37-34-31-28-25-22-20-17-14-11-8-5-2/h7-8,10-11,16-17,19-20,23-25,28,46,50-53,55,59-60H,4-6,9,12-15,18,21-22,26-27,29-45H2,1-3H3,(H,61,62)/b10-7-,11-8-,19-16-,20-17-,24-23-,28-25-. The lowest BCUT2D eigenvalue weighted by molar-refractivity contribution is -0.301. The quantitative estimate of drug-likeness (QED) is 0.0229. The highest BCUT2D eigenvalue weighted by atomic mass is 16.7. The monoisotopic (exact) mass is 943 g/mol. The molecule has 0 saturated carbocycles. The molecule has 1 heterocycles. The summed E-state index contributed by atoms with van der Waals surface area (Å²) in [5, 5.41) is 31.3. The van der Waals surface area contributed by atoms with Crippen LogP contribution in [0, 0.1) is 0 Å². The van der Waals surface area contributed by atoms with Gasteiger partial charge in [-0.2, -0.15) is 0 Å². The molecule has 12 heteroatoms. The van der Waals surface area contributed by atoms with Crippen molar-refractivity contribution in [3.63, 3.8) is 0 Å². The van der Waals surface area contributed by atoms with Crippen LogP contribution in [0.4, 0.5) is 0 Å². The Morgan fingerprint density at radius 1 is 0.507 bits per heavy atom. The molecule has 12 nitrogen and oxygen atoms in total. The van der Waals surface area contributed by atoms with Gasteiger partial charge >= 0.3 is 23.9 Å². The van der Waals surface area contributed by atoms with Gasteiger partial charge in [-0.25, -0.2) is 4.79 Å². The van der Waals surface area contributed by atoms with Gasteiger partial charge in [0.15, 0.2) is 24.6 Å². The van der Waals surface area contributed by atoms with Crippen LogP contribution in [0.15, 0.2) is 72.9 Å². The van der Waals surface area contributed by atoms with Gasteiger partial charge in [-0.3, -0.25) is 14.4 Å². The van der Waals surface area contributed by atoms with Crippen molar-refractivity contribution in [1.29, 1.82) is 0 Å². The highest BCUT2D eigenvalue weighted by Crippen LogP contribution is 2.26. The Bertz CT molecular complexity index is 1450. The van der Waals surface area contributed by atoms with E-state index in [1.807, 2.05) is 0 Å². The number of esters is 3. The van der Waals surface area contributed by atoms with E-state index in [0.29, 0.717) is 19.3 Å². The molecule has 67 heavy (non-hydrogen) atoms. The summed E-state index contributed by atoms with van der Waals surface area (Å²) in [5.41, 5.74) is 0. The van der Waals surface area contributed by atoms with E-state index in [1.54, 1.807) is 0 Å². The zero-order valence-electron chi connectivity index (χ0n) is 41.6. The molecule has 0 aromatic rings. The summed E-state index contributed by atoms with van der Waals surface area (Å²) < 4.78 is 28.2. The Morgan fingerprint density at radius 3 is 1.45 bits per heavy atom. The number of aliphatic hydroxyl groups is 2. The smallest absolute Gasteiger partial charge is 0.335 e. The number of carbonyl (C=O) groups excluding carboxylic acids is 3. The Labute approximate surface area is 404 Å². The second kappa shape index (κ2) is 43.4. The molecule has 1 fully saturated rings. The van der Waals surface area contributed by atoms with Crippen LogP contribution in [-0.4, -0.2) is 89.2 Å². The molecule has 6 atom stereocenters. The molecule has 1 rings (SSSR count). The van der Waals surface area contributed by atoms with Crippen LogP contribution in [0.25, 0.3) is 0 Å². The fraction of sp³-hybridized carbons (Fsp3) is 0.709. The average Bonchev–Trinajstić information content (AvgIpc) is 3.31. The number of hydrogen-bond acceptors (Lipinski definition) is 11. The van der Waals surface area contributed by atoms with Crippen LogP contribution in [0.5, 0.6) is 0 Å². The first kappa shape index (κ1) is 61.2. The van der Waals surface area contributed by atoms with Gasteiger partial charge in [0.2, 0.25) is 0 Å². The zero-order valence-corrected chi connectivity index (χ0v) is 41.6. The molecule has 1 aliphatic heterocycles. The molecule has 0 aromatic carbocycles. The number of carboxylic acids is 1. The molecule has 0 aromatic heterocycles. The topological polar surface area (TPSA) is 175 Å². The lowest BCUT2D eigenvalue weighted by Gasteiger charge is -2.40. The van der Waals surface area contributed by atoms with Crippen LogP contribution < -0.4 is 0 Å². The van der Waals surface area contributed by atoms with Crippen molar-refractivity contribution in [2.45, 2.75) is 237 Å². The molecular formula is C55H90O12. The summed E-state index contributed by atoms with van der Waals surface area (Å²) in [5.74, 6) is -3.19. The largest absolute Gasteiger partial charge is 0.479 e. The van der Waals surface area contributed by atoms with Crippen molar-refractivity contribution < 1.29 is 58.2 Å². The first-order valence-electron chi connectivity index (χ1n) is 25.9. The molecule has 0 radical (unpaired) electrons. The van der Waals surface area contributed by atoms with Gasteiger partial charge in [0.25, 0.3) is 0 Å². The van der Waals surface area contributed by atoms with Gasteiger partial charge in [-0.15, -0.1) is 0 Å². The number of aliphatic hydroxyl groups excluding tert-OH is 2. The maximum absolute atomic E-state index is 13.0. The predicted octanol–water partition coefficient (Wildman–Crippen LogP) is 12.2. The summed E-state index contributed by atoms with van der Waals surface area (Å²) in [4.78, 5) is 50.7. The maximum Gasteiger partial charge on any atom is 0.335 e. The third-order valence-electron chi connectivity index (χ3n) is 11.3. The third kappa shape index (κ3) is 34.2. The number of carboxylic acid groups (broad SMARTS) is 1. The Kier molecular flexibility index (Phi) is 39.7. The van der Waals surface area contributed by atoms with Gasteiger partial charge < -0.3 is 39.0 Å². The fourth-order valence-corrected chi connectivity index (χ4v) is 7.34. The highest BCUT2D eigenvalue weighted by Gasteiger charge is 2.50. The summed E-state index contributed by atoms with van der Waals surface area (Å²) in [6.45, 7) is 5.68. The minimum Gasteiger partial charge on any atom is -0.479 e. The molecule has 0 spiro atoms. The second-order valence-electron chi connectivity index (χ2n) is 17.4. The number of carbonyl (C=O) groups is 4. The van der Waals surface area contributed by atoms with E-state index in [9.17, 15) is 34.5 Å². The lowest BCUT2D eigenvalue weighted by Crippen LogP contribution is -2.61. The number of unbranched alkanes of at least 4 members (excludes halogenated alkanes) is 16. The number of ether oxygens (including phenoxy) is 5. The van der Waals surface area contributed by atoms with E-state index in [-0.39, 0.29) is 25.9 Å². The van der Waals surface area contributed by atoms with Gasteiger partial charge in [0, 0.05) is 19.3 Å². The molecular weight excluding hydrogens is 853 g/mol. The highest BCUT2D eigenvalue weighted by molar-refractivity contribution is 5.74. The van der Waals surface area contributed by atoms with E-state index in [4.69, 9.17) is 23.7 Å². The van der Waals surface area contributed by atoms with E-state index in [1.165, 1.54) is 32.1 Å². The molecule has 382 valence electrons. The fourth-order valence-electron chi connectivity index (χ4n) is 7.34. The second-order valence-corrected chi connectivity index (χ2v) is 17.4. The number of hydrogen-bond donors (Lipinski definition) is 3. The number of allylic oxidation sites excluding steroid dienone is 12. The van der Waals surface area contributed by atoms with E-state index >= 15 is 0 Å².